The van der Waals surface area contributed by atoms with Crippen molar-refractivity contribution < 1.29 is 14.3 Å². The van der Waals surface area contributed by atoms with E-state index in [0.29, 0.717) is 17.1 Å². The number of esters is 1. The van der Waals surface area contributed by atoms with Crippen LogP contribution in [0.3, 0.4) is 0 Å². The van der Waals surface area contributed by atoms with Gasteiger partial charge in [-0.1, -0.05) is 41.9 Å². The van der Waals surface area contributed by atoms with Crippen molar-refractivity contribution in [1.82, 2.24) is 4.57 Å². The minimum absolute atomic E-state index is 0.349. The van der Waals surface area contributed by atoms with Gasteiger partial charge in [0, 0.05) is 28.7 Å². The predicted octanol–water partition coefficient (Wildman–Crippen LogP) is 3.70. The fourth-order valence-corrected chi connectivity index (χ4v) is 2.67. The molecule has 1 heterocycles. The normalized spacial score (nSPS) is 10.7. The number of aromatic nitrogens is 1. The molecule has 0 fully saturated rings. The number of halogens is 1. The van der Waals surface area contributed by atoms with Crippen molar-refractivity contribution in [3.8, 4) is 0 Å². The van der Waals surface area contributed by atoms with Crippen LogP contribution in [0.15, 0.2) is 54.7 Å². The van der Waals surface area contributed by atoms with Gasteiger partial charge in [-0.2, -0.15) is 0 Å². The molecule has 0 spiro atoms. The maximum absolute atomic E-state index is 12.2. The topological polar surface area (TPSA) is 48.3 Å². The van der Waals surface area contributed by atoms with Gasteiger partial charge < -0.3 is 9.30 Å². The summed E-state index contributed by atoms with van der Waals surface area (Å²) in [5.74, 6) is -1.50. The van der Waals surface area contributed by atoms with Gasteiger partial charge in [-0.15, -0.1) is 0 Å². The molecule has 23 heavy (non-hydrogen) atoms. The lowest BCUT2D eigenvalue weighted by atomic mass is 10.1. The Kier molecular flexibility index (Phi) is 4.17. The third kappa shape index (κ3) is 2.98. The molecule has 0 N–H and O–H groups in total. The summed E-state index contributed by atoms with van der Waals surface area (Å²) in [6.07, 6.45) is 1.69. The molecule has 0 aliphatic heterocycles. The standard InChI is InChI=1S/C18H14ClNO3/c1-23-18(22)17(21)15-11-20(16-5-3-2-4-14(15)16)10-12-6-8-13(19)9-7-12/h2-9,11H,10H2,1H3. The molecule has 2 aromatic carbocycles. The molecule has 0 saturated carbocycles. The molecule has 3 aromatic rings. The second kappa shape index (κ2) is 6.26. The summed E-state index contributed by atoms with van der Waals surface area (Å²) in [7, 11) is 1.20. The van der Waals surface area contributed by atoms with E-state index in [1.54, 1.807) is 6.20 Å². The number of para-hydroxylation sites is 1. The van der Waals surface area contributed by atoms with Crippen LogP contribution in [0.5, 0.6) is 0 Å². The number of nitrogens with zero attached hydrogens (tertiary/aromatic N) is 1. The first-order valence-electron chi connectivity index (χ1n) is 7.05. The Hall–Kier alpha value is -2.59. The van der Waals surface area contributed by atoms with Crippen LogP contribution in [0.2, 0.25) is 5.02 Å². The first-order chi connectivity index (χ1) is 11.1. The van der Waals surface area contributed by atoms with E-state index in [1.165, 1.54) is 7.11 Å². The first kappa shape index (κ1) is 15.3. The van der Waals surface area contributed by atoms with Gasteiger partial charge in [0.1, 0.15) is 0 Å². The Labute approximate surface area is 138 Å². The molecule has 1 aromatic heterocycles. The number of ether oxygens (including phenoxy) is 1. The van der Waals surface area contributed by atoms with Crippen molar-refractivity contribution >= 4 is 34.3 Å². The van der Waals surface area contributed by atoms with E-state index in [9.17, 15) is 9.59 Å². The molecule has 0 amide bonds. The van der Waals surface area contributed by atoms with Gasteiger partial charge in [0.15, 0.2) is 0 Å². The van der Waals surface area contributed by atoms with Crippen molar-refractivity contribution in [3.05, 3.63) is 70.9 Å². The molecule has 0 radical (unpaired) electrons. The van der Waals surface area contributed by atoms with E-state index in [4.69, 9.17) is 11.6 Å². The van der Waals surface area contributed by atoms with E-state index in [2.05, 4.69) is 4.74 Å². The monoisotopic (exact) mass is 327 g/mol. The van der Waals surface area contributed by atoms with Crippen LogP contribution in [-0.2, 0) is 16.1 Å². The lowest BCUT2D eigenvalue weighted by Gasteiger charge is -2.05. The number of benzene rings is 2. The van der Waals surface area contributed by atoms with Crippen molar-refractivity contribution in [1.29, 1.82) is 0 Å². The lowest BCUT2D eigenvalue weighted by molar-refractivity contribution is -0.135. The molecule has 0 bridgehead atoms. The van der Waals surface area contributed by atoms with Crippen LogP contribution in [0, 0.1) is 0 Å². The van der Waals surface area contributed by atoms with E-state index in [1.807, 2.05) is 53.1 Å². The van der Waals surface area contributed by atoms with Crippen LogP contribution in [0.1, 0.15) is 15.9 Å². The number of carbonyl (C=O) groups is 2. The van der Waals surface area contributed by atoms with Crippen molar-refractivity contribution in [3.63, 3.8) is 0 Å². The second-order valence-electron chi connectivity index (χ2n) is 5.13. The molecule has 0 atom stereocenters. The number of fused-ring (bicyclic) bond motifs is 1. The Morgan fingerprint density at radius 1 is 1.09 bits per heavy atom. The molecule has 0 saturated heterocycles. The average Bonchev–Trinajstić information content (AvgIpc) is 2.94. The smallest absolute Gasteiger partial charge is 0.379 e. The summed E-state index contributed by atoms with van der Waals surface area (Å²) in [6.45, 7) is 0.576. The number of rotatable bonds is 4. The number of Topliss-reactive ketones (excluding diaryl/α,β-unsaturated/α-hetero) is 1. The number of ketones is 1. The lowest BCUT2D eigenvalue weighted by Crippen LogP contribution is -2.15. The highest BCUT2D eigenvalue weighted by molar-refractivity contribution is 6.43. The zero-order valence-electron chi connectivity index (χ0n) is 12.5. The van der Waals surface area contributed by atoms with Gasteiger partial charge in [-0.05, 0) is 23.8 Å². The maximum Gasteiger partial charge on any atom is 0.379 e. The van der Waals surface area contributed by atoms with Crippen molar-refractivity contribution in [2.45, 2.75) is 6.54 Å². The second-order valence-corrected chi connectivity index (χ2v) is 5.57. The van der Waals surface area contributed by atoms with Crippen LogP contribution < -0.4 is 0 Å². The minimum atomic E-state index is -0.862. The highest BCUT2D eigenvalue weighted by Crippen LogP contribution is 2.23. The van der Waals surface area contributed by atoms with Crippen LogP contribution >= 0.6 is 11.6 Å². The highest BCUT2D eigenvalue weighted by atomic mass is 35.5. The molecule has 4 nitrogen and oxygen atoms in total. The summed E-state index contributed by atoms with van der Waals surface area (Å²) in [6, 6.07) is 15.0. The number of carbonyl (C=O) groups excluding carboxylic acids is 2. The molecule has 116 valence electrons. The fraction of sp³-hybridized carbons (Fsp3) is 0.111. The minimum Gasteiger partial charge on any atom is -0.463 e. The summed E-state index contributed by atoms with van der Waals surface area (Å²) in [5.41, 5.74) is 2.28. The van der Waals surface area contributed by atoms with Crippen LogP contribution in [0.4, 0.5) is 0 Å². The Morgan fingerprint density at radius 2 is 1.78 bits per heavy atom. The molecule has 5 heteroatoms. The van der Waals surface area contributed by atoms with E-state index < -0.39 is 11.8 Å². The summed E-state index contributed by atoms with van der Waals surface area (Å²) < 4.78 is 6.48. The summed E-state index contributed by atoms with van der Waals surface area (Å²) in [4.78, 5) is 23.8. The Balaban J connectivity index is 2.05. The average molecular weight is 328 g/mol. The molecular formula is C18H14ClNO3. The van der Waals surface area contributed by atoms with E-state index >= 15 is 0 Å². The van der Waals surface area contributed by atoms with E-state index in [-0.39, 0.29) is 0 Å². The number of hydrogen-bond donors (Lipinski definition) is 0. The van der Waals surface area contributed by atoms with Crippen LogP contribution in [-0.4, -0.2) is 23.4 Å². The Morgan fingerprint density at radius 3 is 2.48 bits per heavy atom. The van der Waals surface area contributed by atoms with Gasteiger partial charge in [0.05, 0.1) is 12.7 Å². The first-order valence-corrected chi connectivity index (χ1v) is 7.43. The summed E-state index contributed by atoms with van der Waals surface area (Å²) >= 11 is 5.90. The zero-order valence-corrected chi connectivity index (χ0v) is 13.2. The molecule has 0 aliphatic carbocycles. The zero-order chi connectivity index (χ0) is 16.4. The SMILES string of the molecule is COC(=O)C(=O)c1cn(Cc2ccc(Cl)cc2)c2ccccc12. The number of methoxy groups -OCH3 is 1. The van der Waals surface area contributed by atoms with Gasteiger partial charge >= 0.3 is 5.97 Å². The maximum atomic E-state index is 12.2. The summed E-state index contributed by atoms with van der Waals surface area (Å²) in [5, 5.41) is 1.41. The number of hydrogen-bond acceptors (Lipinski definition) is 3. The van der Waals surface area contributed by atoms with Gasteiger partial charge in [-0.25, -0.2) is 4.79 Å². The molecule has 3 rings (SSSR count). The fourth-order valence-electron chi connectivity index (χ4n) is 2.55. The molecule has 0 aliphatic rings. The van der Waals surface area contributed by atoms with Gasteiger partial charge in [0.2, 0.25) is 0 Å². The largest absolute Gasteiger partial charge is 0.463 e. The third-order valence-electron chi connectivity index (χ3n) is 3.67. The van der Waals surface area contributed by atoms with Crippen molar-refractivity contribution in [2.75, 3.05) is 7.11 Å². The van der Waals surface area contributed by atoms with Crippen LogP contribution in [0.25, 0.3) is 10.9 Å². The van der Waals surface area contributed by atoms with Gasteiger partial charge in [-0.3, -0.25) is 4.79 Å². The highest BCUT2D eigenvalue weighted by Gasteiger charge is 2.21. The quantitative estimate of drug-likeness (QED) is 0.417. The Bertz CT molecular complexity index is 881. The third-order valence-corrected chi connectivity index (χ3v) is 3.92. The van der Waals surface area contributed by atoms with Gasteiger partial charge in [0.25, 0.3) is 5.78 Å². The molecular weight excluding hydrogens is 314 g/mol. The van der Waals surface area contributed by atoms with Crippen molar-refractivity contribution in [2.24, 2.45) is 0 Å². The van der Waals surface area contributed by atoms with E-state index in [0.717, 1.165) is 16.5 Å². The molecule has 0 unspecified atom stereocenters. The predicted molar refractivity (Wildman–Crippen MR) is 88.8 cm³/mol.